The van der Waals surface area contributed by atoms with Gasteiger partial charge in [0.1, 0.15) is 0 Å². The first-order valence-electron chi connectivity index (χ1n) is 4.24. The summed E-state index contributed by atoms with van der Waals surface area (Å²) in [6.07, 6.45) is 5.71. The second-order valence-electron chi connectivity index (χ2n) is 4.39. The van der Waals surface area contributed by atoms with Crippen molar-refractivity contribution in [2.24, 2.45) is 11.3 Å². The summed E-state index contributed by atoms with van der Waals surface area (Å²) in [7, 11) is 0. The second kappa shape index (κ2) is 7.24. The maximum Gasteiger partial charge on any atom is 0 e. The summed E-state index contributed by atoms with van der Waals surface area (Å²) < 4.78 is 0. The third-order valence-corrected chi connectivity index (χ3v) is 2.07. The van der Waals surface area contributed by atoms with Crippen molar-refractivity contribution in [2.45, 2.75) is 34.6 Å². The molecule has 0 heterocycles. The molecular weight excluding hydrogens is 382 g/mol. The molecule has 0 aromatic heterocycles. The fraction of sp³-hybridized carbons (Fsp3) is 0.636. The van der Waals surface area contributed by atoms with E-state index in [0.29, 0.717) is 11.3 Å². The zero-order chi connectivity index (χ0) is 8.65. The maximum atomic E-state index is 3.40. The minimum absolute atomic E-state index is 0. The molecule has 1 aliphatic rings. The van der Waals surface area contributed by atoms with Crippen LogP contribution in [0.1, 0.15) is 34.6 Å². The Morgan fingerprint density at radius 1 is 1.21 bits per heavy atom. The van der Waals surface area contributed by atoms with Gasteiger partial charge in [0.05, 0.1) is 0 Å². The Bertz CT molecular complexity index is 224. The molecule has 0 saturated carbocycles. The molecule has 1 atom stereocenters. The zero-order valence-corrected chi connectivity index (χ0v) is 14.5. The predicted molar refractivity (Wildman–Crippen MR) is 49.1 cm³/mol. The molecule has 0 aliphatic heterocycles. The van der Waals surface area contributed by atoms with E-state index in [1.54, 1.807) is 0 Å². The molecule has 0 radical (unpaired) electrons. The fourth-order valence-corrected chi connectivity index (χ4v) is 1.65. The van der Waals surface area contributed by atoms with Crippen molar-refractivity contribution in [1.82, 2.24) is 0 Å². The summed E-state index contributed by atoms with van der Waals surface area (Å²) in [6.45, 7) is 11.1. The van der Waals surface area contributed by atoms with Gasteiger partial charge in [0.2, 0.25) is 0 Å². The average molecular weight is 399 g/mol. The Hall–Kier alpha value is 0.930. The van der Waals surface area contributed by atoms with Crippen molar-refractivity contribution in [2.75, 3.05) is 0 Å². The Labute approximate surface area is 119 Å². The van der Waals surface area contributed by atoms with Crippen molar-refractivity contribution < 1.29 is 50.7 Å². The summed E-state index contributed by atoms with van der Waals surface area (Å²) >= 11 is 0. The third-order valence-electron chi connectivity index (χ3n) is 2.07. The van der Waals surface area contributed by atoms with Gasteiger partial charge < -0.3 is 24.8 Å². The topological polar surface area (TPSA) is 0 Å². The van der Waals surface area contributed by atoms with E-state index in [9.17, 15) is 0 Å². The molecular formula is C11H17Cl2Hf-3. The number of allylic oxidation sites excluding steroid dienone is 4. The van der Waals surface area contributed by atoms with Crippen LogP contribution >= 0.6 is 0 Å². The number of rotatable bonds is 0. The van der Waals surface area contributed by atoms with Gasteiger partial charge in [-0.15, -0.1) is 0 Å². The van der Waals surface area contributed by atoms with Gasteiger partial charge in [-0.3, -0.25) is 6.08 Å². The van der Waals surface area contributed by atoms with E-state index in [-0.39, 0.29) is 50.7 Å². The molecule has 1 aliphatic carbocycles. The standard InChI is InChI=1S/C11H17.2ClH.Hf/c1-8-6-9(2)10(7-8)11(3,4)5;;;/h7-8H,1-5H3;2*1H;/q-1;;;/p-2. The van der Waals surface area contributed by atoms with E-state index in [1.807, 2.05) is 0 Å². The van der Waals surface area contributed by atoms with Gasteiger partial charge >= 0.3 is 0 Å². The van der Waals surface area contributed by atoms with Gasteiger partial charge in [0.15, 0.2) is 0 Å². The Morgan fingerprint density at radius 3 is 1.79 bits per heavy atom. The van der Waals surface area contributed by atoms with Crippen molar-refractivity contribution in [3.8, 4) is 0 Å². The molecule has 1 unspecified atom stereocenters. The van der Waals surface area contributed by atoms with Crippen LogP contribution in [0.2, 0.25) is 0 Å². The molecule has 0 nitrogen and oxygen atoms in total. The smallest absolute Gasteiger partial charge is 0 e. The van der Waals surface area contributed by atoms with Crippen LogP contribution in [0.25, 0.3) is 0 Å². The van der Waals surface area contributed by atoms with Gasteiger partial charge in [-0.2, -0.15) is 11.6 Å². The summed E-state index contributed by atoms with van der Waals surface area (Å²) in [6, 6.07) is 0. The number of hydrogen-bond donors (Lipinski definition) is 0. The van der Waals surface area contributed by atoms with Gasteiger partial charge in [0.25, 0.3) is 0 Å². The molecule has 0 bridgehead atoms. The van der Waals surface area contributed by atoms with E-state index in [4.69, 9.17) is 0 Å². The van der Waals surface area contributed by atoms with Crippen molar-refractivity contribution in [1.29, 1.82) is 0 Å². The number of hydrogen-bond acceptors (Lipinski definition) is 0. The molecule has 0 saturated heterocycles. The quantitative estimate of drug-likeness (QED) is 0.309. The van der Waals surface area contributed by atoms with Crippen LogP contribution in [0.3, 0.4) is 0 Å². The van der Waals surface area contributed by atoms with Crippen molar-refractivity contribution in [3.63, 3.8) is 0 Å². The minimum Gasteiger partial charge on any atom is -1.00 e. The SMILES string of the molecule is CC1=[C-]C(C)C=C1C(C)(C)C.[Cl-].[Cl-].[Hf]. The molecule has 0 fully saturated rings. The Kier molecular flexibility index (Phi) is 10.5. The fourth-order valence-electron chi connectivity index (χ4n) is 1.65. The van der Waals surface area contributed by atoms with Crippen LogP contribution in [-0.2, 0) is 25.8 Å². The van der Waals surface area contributed by atoms with Crippen LogP contribution in [-0.4, -0.2) is 0 Å². The summed E-state index contributed by atoms with van der Waals surface area (Å²) in [4.78, 5) is 0. The first-order valence-corrected chi connectivity index (χ1v) is 4.24. The van der Waals surface area contributed by atoms with Crippen LogP contribution in [0, 0.1) is 17.4 Å². The largest absolute Gasteiger partial charge is 1.00 e. The van der Waals surface area contributed by atoms with Gasteiger partial charge in [-0.1, -0.05) is 46.0 Å². The molecule has 14 heavy (non-hydrogen) atoms. The van der Waals surface area contributed by atoms with E-state index in [2.05, 4.69) is 46.8 Å². The molecule has 82 valence electrons. The summed E-state index contributed by atoms with van der Waals surface area (Å²) in [5, 5.41) is 0. The average Bonchev–Trinajstić information content (AvgIpc) is 2.08. The normalized spacial score (nSPS) is 19.6. The van der Waals surface area contributed by atoms with Crippen LogP contribution in [0.5, 0.6) is 0 Å². The maximum absolute atomic E-state index is 3.40. The summed E-state index contributed by atoms with van der Waals surface area (Å²) in [5.74, 6) is 0.518. The van der Waals surface area contributed by atoms with Gasteiger partial charge in [0, 0.05) is 25.8 Å². The van der Waals surface area contributed by atoms with Crippen LogP contribution in [0.15, 0.2) is 17.2 Å². The predicted octanol–water partition coefficient (Wildman–Crippen LogP) is -2.64. The Morgan fingerprint density at radius 2 is 1.64 bits per heavy atom. The monoisotopic (exact) mass is 399 g/mol. The van der Waals surface area contributed by atoms with E-state index >= 15 is 0 Å². The zero-order valence-electron chi connectivity index (χ0n) is 9.41. The van der Waals surface area contributed by atoms with E-state index in [1.165, 1.54) is 11.1 Å². The van der Waals surface area contributed by atoms with E-state index < -0.39 is 0 Å². The molecule has 0 aromatic rings. The summed E-state index contributed by atoms with van der Waals surface area (Å²) in [5.41, 5.74) is 3.09. The van der Waals surface area contributed by atoms with Crippen LogP contribution in [0.4, 0.5) is 0 Å². The molecule has 3 heteroatoms. The van der Waals surface area contributed by atoms with E-state index in [0.717, 1.165) is 0 Å². The molecule has 1 rings (SSSR count). The molecule has 0 amide bonds. The molecule has 0 aromatic carbocycles. The van der Waals surface area contributed by atoms with Gasteiger partial charge in [-0.25, -0.2) is 5.57 Å². The first-order chi connectivity index (χ1) is 4.91. The molecule has 0 spiro atoms. The van der Waals surface area contributed by atoms with Gasteiger partial charge in [-0.05, 0) is 0 Å². The minimum atomic E-state index is 0. The second-order valence-corrected chi connectivity index (χ2v) is 4.39. The van der Waals surface area contributed by atoms with Crippen molar-refractivity contribution in [3.05, 3.63) is 23.3 Å². The third kappa shape index (κ3) is 5.14. The first kappa shape index (κ1) is 20.4. The number of halogens is 2. The van der Waals surface area contributed by atoms with Crippen molar-refractivity contribution >= 4 is 0 Å². The molecule has 0 N–H and O–H groups in total. The van der Waals surface area contributed by atoms with Crippen LogP contribution < -0.4 is 24.8 Å². The Balaban J connectivity index is -0.000000403.